The molecule has 1 aliphatic heterocycles. The molecular weight excluding hydrogens is 416 g/mol. The molecule has 0 bridgehead atoms. The molecule has 0 spiro atoms. The minimum absolute atomic E-state index is 0.0909. The number of anilines is 1. The Morgan fingerprint density at radius 2 is 1.78 bits per heavy atom. The number of para-hydroxylation sites is 1. The van der Waals surface area contributed by atoms with Crippen LogP contribution < -0.4 is 14.8 Å². The fourth-order valence-electron chi connectivity index (χ4n) is 3.95. The second-order valence-corrected chi connectivity index (χ2v) is 7.01. The van der Waals surface area contributed by atoms with E-state index in [-0.39, 0.29) is 12.1 Å². The third-order valence-electron chi connectivity index (χ3n) is 5.33. The van der Waals surface area contributed by atoms with E-state index in [1.54, 1.807) is 24.3 Å². The summed E-state index contributed by atoms with van der Waals surface area (Å²) in [4.78, 5) is 39.3. The van der Waals surface area contributed by atoms with Crippen LogP contribution in [0.1, 0.15) is 33.4 Å². The molecule has 2 amide bonds. The molecule has 32 heavy (non-hydrogen) atoms. The molecule has 168 valence electrons. The number of carboxylic acid groups (broad SMARTS) is 1. The van der Waals surface area contributed by atoms with Crippen molar-refractivity contribution in [1.82, 2.24) is 4.90 Å². The van der Waals surface area contributed by atoms with Gasteiger partial charge in [-0.3, -0.25) is 14.9 Å². The van der Waals surface area contributed by atoms with Gasteiger partial charge < -0.3 is 24.2 Å². The lowest BCUT2D eigenvalue weighted by Crippen LogP contribution is -2.45. The minimum atomic E-state index is -1.15. The number of methoxy groups -OCH3 is 3. The number of carboxylic acids is 1. The summed E-state index contributed by atoms with van der Waals surface area (Å²) in [5.74, 6) is -2.06. The Morgan fingerprint density at radius 1 is 1.12 bits per heavy atom. The van der Waals surface area contributed by atoms with Crippen molar-refractivity contribution in [2.45, 2.75) is 12.0 Å². The van der Waals surface area contributed by atoms with Gasteiger partial charge in [0.25, 0.3) is 5.91 Å². The quantitative estimate of drug-likeness (QED) is 0.634. The van der Waals surface area contributed by atoms with E-state index in [0.29, 0.717) is 28.3 Å². The van der Waals surface area contributed by atoms with Crippen molar-refractivity contribution in [3.05, 3.63) is 65.7 Å². The number of aliphatic carboxylic acids is 1. The first-order valence-corrected chi connectivity index (χ1v) is 9.72. The number of nitrogens with zero attached hydrogens (tertiary/aromatic N) is 1. The van der Waals surface area contributed by atoms with E-state index in [2.05, 4.69) is 16.6 Å². The Morgan fingerprint density at radius 3 is 2.38 bits per heavy atom. The van der Waals surface area contributed by atoms with E-state index in [0.717, 1.165) is 0 Å². The van der Waals surface area contributed by atoms with Crippen LogP contribution in [0.15, 0.2) is 49.1 Å². The number of ether oxygens (including phenoxy) is 3. The second kappa shape index (κ2) is 9.42. The smallest absolute Gasteiger partial charge is 0.411 e. The van der Waals surface area contributed by atoms with Crippen LogP contribution in [0.2, 0.25) is 0 Å². The minimum Gasteiger partial charge on any atom is -0.493 e. The van der Waals surface area contributed by atoms with E-state index in [1.807, 2.05) is 0 Å². The van der Waals surface area contributed by atoms with Gasteiger partial charge in [0, 0.05) is 17.8 Å². The fraction of sp³-hybridized carbons (Fsp3) is 0.261. The Hall–Kier alpha value is -4.01. The van der Waals surface area contributed by atoms with Crippen LogP contribution >= 0.6 is 0 Å². The SMILES string of the molecule is C=CCN1C(=O)c2cc(OC)c(OC)cc2[C@@H](C(=O)O)[C@H]1c1ccccc1NC(=O)OC. The lowest BCUT2D eigenvalue weighted by atomic mass is 9.79. The molecule has 0 aliphatic carbocycles. The summed E-state index contributed by atoms with van der Waals surface area (Å²) in [7, 11) is 4.09. The van der Waals surface area contributed by atoms with Gasteiger partial charge in [0.05, 0.1) is 27.4 Å². The standard InChI is InChI=1S/C23H24N2O7/c1-5-10-25-20(13-8-6-7-9-16(13)24-23(29)32-4)19(22(27)28)14-11-17(30-2)18(31-3)12-15(14)21(25)26/h5-9,11-12,19-20H,1,10H2,2-4H3,(H,24,29)(H,27,28)/t19-,20-/m1/s1. The van der Waals surface area contributed by atoms with Crippen LogP contribution in [-0.4, -0.2) is 55.9 Å². The molecule has 2 N–H and O–H groups in total. The van der Waals surface area contributed by atoms with Crippen LogP contribution in [0.5, 0.6) is 11.5 Å². The molecule has 2 atom stereocenters. The highest BCUT2D eigenvalue weighted by atomic mass is 16.5. The van der Waals surface area contributed by atoms with Crippen molar-refractivity contribution in [1.29, 1.82) is 0 Å². The lowest BCUT2D eigenvalue weighted by Gasteiger charge is -2.41. The van der Waals surface area contributed by atoms with Crippen LogP contribution in [0.3, 0.4) is 0 Å². The zero-order chi connectivity index (χ0) is 23.4. The predicted octanol–water partition coefficient (Wildman–Crippen LogP) is 3.43. The number of hydrogen-bond acceptors (Lipinski definition) is 6. The van der Waals surface area contributed by atoms with Gasteiger partial charge in [-0.1, -0.05) is 24.3 Å². The summed E-state index contributed by atoms with van der Waals surface area (Å²) < 4.78 is 15.3. The maximum absolute atomic E-state index is 13.5. The van der Waals surface area contributed by atoms with Gasteiger partial charge in [-0.2, -0.15) is 0 Å². The van der Waals surface area contributed by atoms with Gasteiger partial charge in [-0.05, 0) is 29.3 Å². The fourth-order valence-corrected chi connectivity index (χ4v) is 3.95. The third-order valence-corrected chi connectivity index (χ3v) is 5.33. The van der Waals surface area contributed by atoms with Gasteiger partial charge in [0.1, 0.15) is 5.92 Å². The highest BCUT2D eigenvalue weighted by Crippen LogP contribution is 2.47. The van der Waals surface area contributed by atoms with Crippen molar-refractivity contribution < 1.29 is 33.7 Å². The van der Waals surface area contributed by atoms with Crippen molar-refractivity contribution >= 4 is 23.7 Å². The number of rotatable bonds is 7. The first-order chi connectivity index (χ1) is 15.4. The monoisotopic (exact) mass is 440 g/mol. The van der Waals surface area contributed by atoms with Crippen molar-refractivity contribution in [2.24, 2.45) is 0 Å². The predicted molar refractivity (Wildman–Crippen MR) is 116 cm³/mol. The number of carbonyl (C=O) groups excluding carboxylic acids is 2. The number of carbonyl (C=O) groups is 3. The molecule has 0 saturated heterocycles. The molecule has 0 fully saturated rings. The van der Waals surface area contributed by atoms with Gasteiger partial charge >= 0.3 is 12.1 Å². The maximum atomic E-state index is 13.5. The van der Waals surface area contributed by atoms with Crippen LogP contribution in [0, 0.1) is 0 Å². The average molecular weight is 440 g/mol. The van der Waals surface area contributed by atoms with Crippen LogP contribution in [0.25, 0.3) is 0 Å². The summed E-state index contributed by atoms with van der Waals surface area (Å²) in [6.45, 7) is 3.80. The lowest BCUT2D eigenvalue weighted by molar-refractivity contribution is -0.140. The summed E-state index contributed by atoms with van der Waals surface area (Å²) in [6, 6.07) is 8.74. The number of amides is 2. The summed E-state index contributed by atoms with van der Waals surface area (Å²) in [5, 5.41) is 12.8. The number of nitrogens with one attached hydrogen (secondary N) is 1. The van der Waals surface area contributed by atoms with E-state index in [1.165, 1.54) is 44.4 Å². The number of benzene rings is 2. The second-order valence-electron chi connectivity index (χ2n) is 7.01. The van der Waals surface area contributed by atoms with E-state index in [9.17, 15) is 19.5 Å². The third kappa shape index (κ3) is 3.96. The first-order valence-electron chi connectivity index (χ1n) is 9.72. The molecule has 2 aromatic rings. The molecule has 1 aliphatic rings. The maximum Gasteiger partial charge on any atom is 0.411 e. The largest absolute Gasteiger partial charge is 0.493 e. The summed E-state index contributed by atoms with van der Waals surface area (Å²) in [6.07, 6.45) is 0.805. The van der Waals surface area contributed by atoms with Crippen molar-refractivity contribution in [3.8, 4) is 11.5 Å². The normalized spacial score (nSPS) is 17.2. The van der Waals surface area contributed by atoms with Gasteiger partial charge in [-0.25, -0.2) is 4.79 Å². The molecule has 0 radical (unpaired) electrons. The zero-order valence-electron chi connectivity index (χ0n) is 18.0. The molecule has 3 rings (SSSR count). The topological polar surface area (TPSA) is 114 Å². The van der Waals surface area contributed by atoms with Gasteiger partial charge in [-0.15, -0.1) is 6.58 Å². The Balaban J connectivity index is 2.28. The highest BCUT2D eigenvalue weighted by Gasteiger charge is 2.45. The average Bonchev–Trinajstić information content (AvgIpc) is 2.79. The molecule has 0 unspecified atom stereocenters. The molecule has 9 nitrogen and oxygen atoms in total. The zero-order valence-corrected chi connectivity index (χ0v) is 18.0. The van der Waals surface area contributed by atoms with Crippen molar-refractivity contribution in [3.63, 3.8) is 0 Å². The van der Waals surface area contributed by atoms with Crippen molar-refractivity contribution in [2.75, 3.05) is 33.2 Å². The number of fused-ring (bicyclic) bond motifs is 1. The summed E-state index contributed by atoms with van der Waals surface area (Å²) >= 11 is 0. The molecular formula is C23H24N2O7. The Labute approximate surface area is 185 Å². The highest BCUT2D eigenvalue weighted by molar-refractivity contribution is 6.01. The first kappa shape index (κ1) is 22.7. The molecule has 1 heterocycles. The van der Waals surface area contributed by atoms with E-state index < -0.39 is 29.9 Å². The van der Waals surface area contributed by atoms with Gasteiger partial charge in [0.2, 0.25) is 0 Å². The van der Waals surface area contributed by atoms with Gasteiger partial charge in [0.15, 0.2) is 11.5 Å². The van der Waals surface area contributed by atoms with E-state index >= 15 is 0 Å². The molecule has 2 aromatic carbocycles. The van der Waals surface area contributed by atoms with Crippen LogP contribution in [-0.2, 0) is 9.53 Å². The number of hydrogen-bond donors (Lipinski definition) is 2. The summed E-state index contributed by atoms with van der Waals surface area (Å²) in [5.41, 5.74) is 1.27. The van der Waals surface area contributed by atoms with Crippen LogP contribution in [0.4, 0.5) is 10.5 Å². The molecule has 0 aromatic heterocycles. The molecule has 9 heteroatoms. The van der Waals surface area contributed by atoms with E-state index in [4.69, 9.17) is 9.47 Å². The Kier molecular flexibility index (Phi) is 6.67. The molecule has 0 saturated carbocycles. The Bertz CT molecular complexity index is 1070.